The minimum Gasteiger partial charge on any atom is -0.441 e. The molecule has 1 aromatic heterocycles. The van der Waals surface area contributed by atoms with Gasteiger partial charge in [0.15, 0.2) is 11.5 Å². The van der Waals surface area contributed by atoms with E-state index in [2.05, 4.69) is 58.7 Å². The molecule has 3 heteroatoms. The van der Waals surface area contributed by atoms with Crippen LogP contribution in [0.4, 0.5) is 0 Å². The Balaban J connectivity index is 2.19. The van der Waals surface area contributed by atoms with E-state index in [0.717, 1.165) is 23.4 Å². The van der Waals surface area contributed by atoms with Gasteiger partial charge in [-0.3, -0.25) is 0 Å². The Bertz CT molecular complexity index is 614. The van der Waals surface area contributed by atoms with Crippen molar-refractivity contribution in [3.8, 4) is 0 Å². The summed E-state index contributed by atoms with van der Waals surface area (Å²) in [6, 6.07) is 6.34. The monoisotopic (exact) mass is 288 g/mol. The maximum absolute atomic E-state index is 6.21. The molecule has 2 rings (SSSR count). The number of hydrogen-bond donors (Lipinski definition) is 1. The van der Waals surface area contributed by atoms with Gasteiger partial charge in [0.2, 0.25) is 0 Å². The van der Waals surface area contributed by atoms with Crippen LogP contribution < -0.4 is 5.73 Å². The highest BCUT2D eigenvalue weighted by Crippen LogP contribution is 2.27. The van der Waals surface area contributed by atoms with Crippen molar-refractivity contribution in [2.75, 3.05) is 0 Å². The zero-order valence-electron chi connectivity index (χ0n) is 14.2. The average molecular weight is 288 g/mol. The van der Waals surface area contributed by atoms with Crippen molar-refractivity contribution in [3.63, 3.8) is 0 Å². The first kappa shape index (κ1) is 16.0. The van der Waals surface area contributed by atoms with E-state index in [1.165, 1.54) is 5.56 Å². The van der Waals surface area contributed by atoms with E-state index in [1.807, 2.05) is 6.07 Å². The predicted molar refractivity (Wildman–Crippen MR) is 88.5 cm³/mol. The molecule has 0 aliphatic heterocycles. The first-order valence-corrected chi connectivity index (χ1v) is 7.70. The number of nitrogens with two attached hydrogens (primary N) is 1. The summed E-state index contributed by atoms with van der Waals surface area (Å²) in [6.45, 7) is 13.2. The minimum atomic E-state index is 0.0835. The van der Waals surface area contributed by atoms with Gasteiger partial charge in [-0.15, -0.1) is 0 Å². The van der Waals surface area contributed by atoms with Crippen molar-refractivity contribution >= 4 is 11.1 Å². The van der Waals surface area contributed by atoms with Gasteiger partial charge in [0, 0.05) is 12.5 Å². The van der Waals surface area contributed by atoms with E-state index in [9.17, 15) is 0 Å². The van der Waals surface area contributed by atoms with Crippen LogP contribution in [0.15, 0.2) is 22.6 Å². The molecule has 1 aromatic carbocycles. The fourth-order valence-electron chi connectivity index (χ4n) is 2.61. The molecule has 2 aromatic rings. The summed E-state index contributed by atoms with van der Waals surface area (Å²) in [5.74, 6) is 0.743. The van der Waals surface area contributed by atoms with Gasteiger partial charge >= 0.3 is 0 Å². The molecule has 1 heterocycles. The molecule has 0 aliphatic rings. The highest BCUT2D eigenvalue weighted by Gasteiger charge is 2.19. The van der Waals surface area contributed by atoms with Crippen LogP contribution in [0.25, 0.3) is 11.1 Å². The fourth-order valence-corrected chi connectivity index (χ4v) is 2.61. The number of benzene rings is 1. The molecule has 0 spiro atoms. The van der Waals surface area contributed by atoms with Crippen LogP contribution in [-0.2, 0) is 11.8 Å². The summed E-state index contributed by atoms with van der Waals surface area (Å²) in [5.41, 5.74) is 9.61. The highest BCUT2D eigenvalue weighted by molar-refractivity contribution is 5.73. The SMILES string of the molecule is CC(C)(C)CC(N)Cc1nc2cc(C(C)(C)C)ccc2o1. The van der Waals surface area contributed by atoms with Crippen molar-refractivity contribution < 1.29 is 4.42 Å². The van der Waals surface area contributed by atoms with Gasteiger partial charge in [0.1, 0.15) is 5.52 Å². The second-order valence-electron chi connectivity index (χ2n) is 8.27. The lowest BCUT2D eigenvalue weighted by Gasteiger charge is -2.22. The summed E-state index contributed by atoms with van der Waals surface area (Å²) in [5, 5.41) is 0. The van der Waals surface area contributed by atoms with Crippen molar-refractivity contribution in [2.45, 2.75) is 65.8 Å². The minimum absolute atomic E-state index is 0.0835. The zero-order chi connectivity index (χ0) is 15.8. The third-order valence-electron chi connectivity index (χ3n) is 3.61. The smallest absolute Gasteiger partial charge is 0.197 e. The average Bonchev–Trinajstić information content (AvgIpc) is 2.65. The van der Waals surface area contributed by atoms with Crippen molar-refractivity contribution in [1.82, 2.24) is 4.98 Å². The van der Waals surface area contributed by atoms with Gasteiger partial charge in [-0.05, 0) is 34.9 Å². The number of fused-ring (bicyclic) bond motifs is 1. The lowest BCUT2D eigenvalue weighted by Crippen LogP contribution is -2.28. The highest BCUT2D eigenvalue weighted by atomic mass is 16.3. The van der Waals surface area contributed by atoms with Gasteiger partial charge < -0.3 is 10.2 Å². The van der Waals surface area contributed by atoms with Crippen molar-refractivity contribution in [1.29, 1.82) is 0 Å². The fraction of sp³-hybridized carbons (Fsp3) is 0.611. The summed E-state index contributed by atoms with van der Waals surface area (Å²) in [7, 11) is 0. The molecule has 0 aliphatic carbocycles. The molecule has 2 N–H and O–H groups in total. The van der Waals surface area contributed by atoms with Crippen LogP contribution in [0.2, 0.25) is 0 Å². The largest absolute Gasteiger partial charge is 0.441 e. The van der Waals surface area contributed by atoms with E-state index in [0.29, 0.717) is 6.42 Å². The van der Waals surface area contributed by atoms with Crippen LogP contribution in [0, 0.1) is 5.41 Å². The van der Waals surface area contributed by atoms with Gasteiger partial charge in [-0.2, -0.15) is 0 Å². The molecule has 1 atom stereocenters. The Labute approximate surface area is 127 Å². The summed E-state index contributed by atoms with van der Waals surface area (Å²) in [4.78, 5) is 4.61. The molecule has 0 fully saturated rings. The topological polar surface area (TPSA) is 52.0 Å². The molecule has 0 saturated heterocycles. The third-order valence-corrected chi connectivity index (χ3v) is 3.61. The quantitative estimate of drug-likeness (QED) is 0.909. The molecule has 21 heavy (non-hydrogen) atoms. The Morgan fingerprint density at radius 1 is 1.14 bits per heavy atom. The number of nitrogens with zero attached hydrogens (tertiary/aromatic N) is 1. The van der Waals surface area contributed by atoms with Gasteiger partial charge in [-0.25, -0.2) is 4.98 Å². The second-order valence-corrected chi connectivity index (χ2v) is 8.27. The summed E-state index contributed by atoms with van der Waals surface area (Å²) < 4.78 is 5.83. The van der Waals surface area contributed by atoms with Crippen LogP contribution in [0.5, 0.6) is 0 Å². The molecule has 0 saturated carbocycles. The Morgan fingerprint density at radius 2 is 1.81 bits per heavy atom. The molecule has 0 amide bonds. The Hall–Kier alpha value is -1.35. The van der Waals surface area contributed by atoms with E-state index in [1.54, 1.807) is 0 Å². The molecule has 116 valence electrons. The molecule has 0 bridgehead atoms. The first-order chi connectivity index (χ1) is 9.54. The maximum atomic E-state index is 6.21. The third kappa shape index (κ3) is 4.31. The molecular weight excluding hydrogens is 260 g/mol. The van der Waals surface area contributed by atoms with Crippen LogP contribution in [-0.4, -0.2) is 11.0 Å². The second kappa shape index (κ2) is 5.45. The predicted octanol–water partition coefficient (Wildman–Crippen LogP) is 4.43. The van der Waals surface area contributed by atoms with Crippen LogP contribution in [0.1, 0.15) is 59.4 Å². The van der Waals surface area contributed by atoms with Gasteiger partial charge in [-0.1, -0.05) is 47.6 Å². The summed E-state index contributed by atoms with van der Waals surface area (Å²) >= 11 is 0. The standard InChI is InChI=1S/C18H28N2O/c1-17(2,3)11-13(19)10-16-20-14-9-12(18(4,5)6)7-8-15(14)21-16/h7-9,13H,10-11,19H2,1-6H3. The Morgan fingerprint density at radius 3 is 2.38 bits per heavy atom. The van der Waals surface area contributed by atoms with E-state index < -0.39 is 0 Å². The van der Waals surface area contributed by atoms with E-state index in [-0.39, 0.29) is 16.9 Å². The summed E-state index contributed by atoms with van der Waals surface area (Å²) in [6.07, 6.45) is 1.65. The lowest BCUT2D eigenvalue weighted by atomic mass is 9.87. The number of hydrogen-bond acceptors (Lipinski definition) is 3. The van der Waals surface area contributed by atoms with E-state index in [4.69, 9.17) is 10.2 Å². The number of rotatable bonds is 3. The molecule has 1 unspecified atom stereocenters. The van der Waals surface area contributed by atoms with Crippen molar-refractivity contribution in [3.05, 3.63) is 29.7 Å². The normalized spacial score (nSPS) is 14.6. The molecule has 3 nitrogen and oxygen atoms in total. The van der Waals surface area contributed by atoms with E-state index >= 15 is 0 Å². The maximum Gasteiger partial charge on any atom is 0.197 e. The van der Waals surface area contributed by atoms with Crippen LogP contribution >= 0.6 is 0 Å². The Kier molecular flexibility index (Phi) is 4.16. The number of oxazole rings is 1. The van der Waals surface area contributed by atoms with Gasteiger partial charge in [0.25, 0.3) is 0 Å². The first-order valence-electron chi connectivity index (χ1n) is 7.70. The van der Waals surface area contributed by atoms with Gasteiger partial charge in [0.05, 0.1) is 0 Å². The molecular formula is C18H28N2O. The zero-order valence-corrected chi connectivity index (χ0v) is 14.2. The number of aromatic nitrogens is 1. The van der Waals surface area contributed by atoms with Crippen molar-refractivity contribution in [2.24, 2.45) is 11.1 Å². The lowest BCUT2D eigenvalue weighted by molar-refractivity contribution is 0.329. The molecule has 0 radical (unpaired) electrons. The van der Waals surface area contributed by atoms with Crippen LogP contribution in [0.3, 0.4) is 0 Å².